The van der Waals surface area contributed by atoms with E-state index in [-0.39, 0.29) is 0 Å². The third kappa shape index (κ3) is 2.27. The van der Waals surface area contributed by atoms with Gasteiger partial charge in [-0.05, 0) is 24.6 Å². The summed E-state index contributed by atoms with van der Waals surface area (Å²) in [6, 6.07) is 8.94. The van der Waals surface area contributed by atoms with E-state index in [9.17, 15) is 0 Å². The van der Waals surface area contributed by atoms with E-state index in [1.54, 1.807) is 29.9 Å². The average Bonchev–Trinajstić information content (AvgIpc) is 2.74. The Kier molecular flexibility index (Phi) is 3.58. The predicted octanol–water partition coefficient (Wildman–Crippen LogP) is 2.05. The van der Waals surface area contributed by atoms with Gasteiger partial charge in [0.25, 0.3) is 0 Å². The third-order valence-electron chi connectivity index (χ3n) is 3.02. The Morgan fingerprint density at radius 3 is 2.55 bits per heavy atom. The second-order valence-electron chi connectivity index (χ2n) is 4.30. The Hall–Kier alpha value is -2.99. The zero-order chi connectivity index (χ0) is 14.7. The van der Waals surface area contributed by atoms with Crippen LogP contribution in [0.5, 0.6) is 0 Å². The first kappa shape index (κ1) is 13.4. The van der Waals surface area contributed by atoms with Crippen LogP contribution in [0, 0.1) is 22.7 Å². The quantitative estimate of drug-likeness (QED) is 0.884. The van der Waals surface area contributed by atoms with Crippen molar-refractivity contribution in [3.05, 3.63) is 35.0 Å². The second kappa shape index (κ2) is 5.33. The van der Waals surface area contributed by atoms with E-state index in [0.717, 1.165) is 12.1 Å². The van der Waals surface area contributed by atoms with Gasteiger partial charge in [-0.25, -0.2) is 0 Å². The number of nitrogens with zero attached hydrogens (tertiary/aromatic N) is 4. The molecule has 0 aliphatic carbocycles. The predicted molar refractivity (Wildman–Crippen MR) is 76.2 cm³/mol. The molecule has 0 bridgehead atoms. The van der Waals surface area contributed by atoms with Gasteiger partial charge in [0, 0.05) is 12.7 Å². The average molecular weight is 266 g/mol. The van der Waals surface area contributed by atoms with Crippen molar-refractivity contribution < 1.29 is 0 Å². The summed E-state index contributed by atoms with van der Waals surface area (Å²) in [5.74, 6) is 0.676. The summed E-state index contributed by atoms with van der Waals surface area (Å²) in [6.45, 7) is 1.98. The fourth-order valence-electron chi connectivity index (χ4n) is 1.95. The molecule has 0 unspecified atom stereocenters. The molecule has 0 fully saturated rings. The Bertz CT molecular complexity index is 729. The molecule has 0 atom stereocenters. The number of nitrogens with two attached hydrogens (primary N) is 1. The first-order valence-electron chi connectivity index (χ1n) is 6.13. The summed E-state index contributed by atoms with van der Waals surface area (Å²) in [7, 11) is 1.80. The lowest BCUT2D eigenvalue weighted by Crippen LogP contribution is -2.01. The van der Waals surface area contributed by atoms with Gasteiger partial charge in [0.15, 0.2) is 5.82 Å². The van der Waals surface area contributed by atoms with Gasteiger partial charge in [0.05, 0.1) is 22.5 Å². The number of hydrogen-bond donors (Lipinski definition) is 2. The zero-order valence-corrected chi connectivity index (χ0v) is 11.3. The normalized spacial score (nSPS) is 9.80. The van der Waals surface area contributed by atoms with E-state index >= 15 is 0 Å². The Labute approximate surface area is 117 Å². The monoisotopic (exact) mass is 266 g/mol. The fourth-order valence-corrected chi connectivity index (χ4v) is 1.95. The summed E-state index contributed by atoms with van der Waals surface area (Å²) in [5, 5.41) is 25.4. The lowest BCUT2D eigenvalue weighted by molar-refractivity contribution is 0.753. The topological polar surface area (TPSA) is 103 Å². The highest BCUT2D eigenvalue weighted by molar-refractivity contribution is 5.72. The first-order valence-corrected chi connectivity index (χ1v) is 6.13. The van der Waals surface area contributed by atoms with E-state index in [2.05, 4.69) is 10.4 Å². The van der Waals surface area contributed by atoms with Gasteiger partial charge in [-0.15, -0.1) is 0 Å². The molecule has 0 aliphatic rings. The van der Waals surface area contributed by atoms with E-state index in [1.165, 1.54) is 0 Å². The van der Waals surface area contributed by atoms with Crippen LogP contribution in [0.1, 0.15) is 23.7 Å². The molecule has 20 heavy (non-hydrogen) atoms. The number of nitrogens with one attached hydrogen (secondary N) is 1. The lowest BCUT2D eigenvalue weighted by atomic mass is 10.1. The molecule has 0 saturated heterocycles. The number of anilines is 3. The van der Waals surface area contributed by atoms with Crippen LogP contribution in [-0.2, 0) is 13.5 Å². The molecule has 6 nitrogen and oxygen atoms in total. The lowest BCUT2D eigenvalue weighted by Gasteiger charge is -2.08. The number of benzene rings is 1. The molecule has 1 aromatic carbocycles. The molecular weight excluding hydrogens is 252 g/mol. The minimum absolute atomic E-state index is 0.328. The molecule has 6 heteroatoms. The molecule has 0 radical (unpaired) electrons. The van der Waals surface area contributed by atoms with Crippen LogP contribution in [0.2, 0.25) is 0 Å². The Morgan fingerprint density at radius 1 is 1.30 bits per heavy atom. The van der Waals surface area contributed by atoms with Gasteiger partial charge in [0.1, 0.15) is 12.1 Å². The van der Waals surface area contributed by atoms with Gasteiger partial charge in [-0.2, -0.15) is 15.6 Å². The molecular formula is C14H14N6. The molecule has 100 valence electrons. The van der Waals surface area contributed by atoms with Gasteiger partial charge in [0.2, 0.25) is 0 Å². The highest BCUT2D eigenvalue weighted by atomic mass is 15.3. The maximum atomic E-state index is 9.02. The van der Waals surface area contributed by atoms with Crippen molar-refractivity contribution in [2.45, 2.75) is 13.3 Å². The van der Waals surface area contributed by atoms with Crippen LogP contribution in [0.25, 0.3) is 0 Å². The molecule has 0 spiro atoms. The van der Waals surface area contributed by atoms with Gasteiger partial charge in [-0.1, -0.05) is 6.92 Å². The molecule has 3 N–H and O–H groups in total. The summed E-state index contributed by atoms with van der Waals surface area (Å²) in [5.41, 5.74) is 8.82. The molecule has 0 aliphatic heterocycles. The summed E-state index contributed by atoms with van der Waals surface area (Å²) >= 11 is 0. The van der Waals surface area contributed by atoms with Crippen molar-refractivity contribution >= 4 is 17.2 Å². The first-order chi connectivity index (χ1) is 9.60. The molecule has 2 rings (SSSR count). The third-order valence-corrected chi connectivity index (χ3v) is 3.02. The number of hydrogen-bond acceptors (Lipinski definition) is 5. The molecule has 1 heterocycles. The maximum absolute atomic E-state index is 9.02. The van der Waals surface area contributed by atoms with Crippen LogP contribution in [0.3, 0.4) is 0 Å². The summed E-state index contributed by atoms with van der Waals surface area (Å²) in [4.78, 5) is 0. The summed E-state index contributed by atoms with van der Waals surface area (Å²) < 4.78 is 1.67. The van der Waals surface area contributed by atoms with Crippen LogP contribution in [0.15, 0.2) is 18.2 Å². The number of aryl methyl sites for hydroxylation is 2. The largest absolute Gasteiger partial charge is 0.394 e. The Morgan fingerprint density at radius 2 is 2.00 bits per heavy atom. The van der Waals surface area contributed by atoms with Gasteiger partial charge in [-0.3, -0.25) is 4.68 Å². The van der Waals surface area contributed by atoms with E-state index in [0.29, 0.717) is 28.3 Å². The van der Waals surface area contributed by atoms with Crippen LogP contribution in [-0.4, -0.2) is 9.78 Å². The van der Waals surface area contributed by atoms with E-state index < -0.39 is 0 Å². The maximum Gasteiger partial charge on any atom is 0.152 e. The highest BCUT2D eigenvalue weighted by Gasteiger charge is 2.12. The van der Waals surface area contributed by atoms with Gasteiger partial charge >= 0.3 is 0 Å². The van der Waals surface area contributed by atoms with Crippen molar-refractivity contribution in [1.82, 2.24) is 9.78 Å². The van der Waals surface area contributed by atoms with E-state index in [4.69, 9.17) is 16.3 Å². The van der Waals surface area contributed by atoms with E-state index in [1.807, 2.05) is 19.1 Å². The SMILES string of the molecule is CCc1nn(C)c(Nc2ccc(C#N)c(C#N)c2)c1N. The van der Waals surface area contributed by atoms with Crippen molar-refractivity contribution in [2.24, 2.45) is 7.05 Å². The molecule has 2 aromatic rings. The number of rotatable bonds is 3. The van der Waals surface area contributed by atoms with Crippen molar-refractivity contribution in [2.75, 3.05) is 11.1 Å². The van der Waals surface area contributed by atoms with Crippen molar-refractivity contribution in [3.8, 4) is 12.1 Å². The number of nitrogen functional groups attached to an aromatic ring is 1. The van der Waals surface area contributed by atoms with Crippen molar-refractivity contribution in [1.29, 1.82) is 10.5 Å². The number of aromatic nitrogens is 2. The minimum Gasteiger partial charge on any atom is -0.394 e. The molecule has 1 aromatic heterocycles. The second-order valence-corrected chi connectivity index (χ2v) is 4.30. The summed E-state index contributed by atoms with van der Waals surface area (Å²) in [6.07, 6.45) is 0.748. The minimum atomic E-state index is 0.328. The zero-order valence-electron chi connectivity index (χ0n) is 11.3. The van der Waals surface area contributed by atoms with Crippen LogP contribution in [0.4, 0.5) is 17.2 Å². The van der Waals surface area contributed by atoms with Crippen molar-refractivity contribution in [3.63, 3.8) is 0 Å². The molecule has 0 amide bonds. The Balaban J connectivity index is 2.39. The highest BCUT2D eigenvalue weighted by Crippen LogP contribution is 2.26. The van der Waals surface area contributed by atoms with Crippen LogP contribution >= 0.6 is 0 Å². The smallest absolute Gasteiger partial charge is 0.152 e. The standard InChI is InChI=1S/C14H14N6/c1-3-12-13(17)14(20(2)19-12)18-11-5-4-9(7-15)10(6-11)8-16/h4-6,18H,3,17H2,1-2H3. The van der Waals surface area contributed by atoms with Gasteiger partial charge < -0.3 is 11.1 Å². The molecule has 0 saturated carbocycles. The number of nitriles is 2. The van der Waals surface area contributed by atoms with Crippen LogP contribution < -0.4 is 11.1 Å². The fraction of sp³-hybridized carbons (Fsp3) is 0.214.